The van der Waals surface area contributed by atoms with E-state index in [1.165, 1.54) is 18.2 Å². The second-order valence-electron chi connectivity index (χ2n) is 3.86. The van der Waals surface area contributed by atoms with Gasteiger partial charge in [0.1, 0.15) is 5.75 Å². The maximum Gasteiger partial charge on any atom is 0.313 e. The summed E-state index contributed by atoms with van der Waals surface area (Å²) in [6.45, 7) is 0. The van der Waals surface area contributed by atoms with Crippen molar-refractivity contribution in [2.24, 2.45) is 0 Å². The van der Waals surface area contributed by atoms with Gasteiger partial charge in [-0.05, 0) is 24.3 Å². The zero-order chi connectivity index (χ0) is 14.7. The Morgan fingerprint density at radius 1 is 1.10 bits per heavy atom. The van der Waals surface area contributed by atoms with Gasteiger partial charge in [-0.1, -0.05) is 45.2 Å². The molecule has 0 aliphatic carbocycles. The molecule has 0 atom stereocenters. The lowest BCUT2D eigenvalue weighted by molar-refractivity contribution is -0.385. The Hall–Kier alpha value is -1.30. The molecule has 2 aromatic rings. The fourth-order valence-electron chi connectivity index (χ4n) is 1.57. The van der Waals surface area contributed by atoms with Crippen molar-refractivity contribution in [2.75, 3.05) is 0 Å². The van der Waals surface area contributed by atoms with Crippen LogP contribution in [0, 0.1) is 10.1 Å². The molecule has 104 valence electrons. The van der Waals surface area contributed by atoms with Crippen molar-refractivity contribution in [3.05, 3.63) is 62.1 Å². The number of nitrogens with zero attached hydrogens (tertiary/aromatic N) is 1. The molecular formula is C13H8BrCl2NO3. The minimum absolute atomic E-state index is 0.115. The van der Waals surface area contributed by atoms with Gasteiger partial charge in [0.25, 0.3) is 0 Å². The molecule has 7 heteroatoms. The lowest BCUT2D eigenvalue weighted by Gasteiger charge is -2.10. The Balaban J connectivity index is 2.44. The van der Waals surface area contributed by atoms with Gasteiger partial charge < -0.3 is 4.74 Å². The lowest BCUT2D eigenvalue weighted by atomic mass is 10.2. The number of hydrogen-bond donors (Lipinski definition) is 0. The molecule has 0 aliphatic heterocycles. The van der Waals surface area contributed by atoms with Crippen molar-refractivity contribution in [3.8, 4) is 11.5 Å². The van der Waals surface area contributed by atoms with Gasteiger partial charge in [-0.15, -0.1) is 0 Å². The normalized spacial score (nSPS) is 10.3. The SMILES string of the molecule is O=[N+]([O-])c1cc(Cl)ccc1Oc1cc(Cl)ccc1CBr. The molecule has 0 aromatic heterocycles. The molecule has 0 amide bonds. The monoisotopic (exact) mass is 375 g/mol. The highest BCUT2D eigenvalue weighted by molar-refractivity contribution is 9.08. The summed E-state index contributed by atoms with van der Waals surface area (Å²) in [4.78, 5) is 10.5. The van der Waals surface area contributed by atoms with Crippen LogP contribution >= 0.6 is 39.1 Å². The molecule has 2 rings (SSSR count). The van der Waals surface area contributed by atoms with Crippen LogP contribution in [0.4, 0.5) is 5.69 Å². The molecule has 0 saturated carbocycles. The van der Waals surface area contributed by atoms with E-state index in [2.05, 4.69) is 15.9 Å². The maximum absolute atomic E-state index is 11.0. The van der Waals surface area contributed by atoms with Gasteiger partial charge in [-0.3, -0.25) is 10.1 Å². The van der Waals surface area contributed by atoms with Crippen LogP contribution in [-0.2, 0) is 5.33 Å². The molecule has 0 unspecified atom stereocenters. The summed E-state index contributed by atoms with van der Waals surface area (Å²) >= 11 is 15.0. The standard InChI is InChI=1S/C13H8BrCl2NO3/c14-7-8-1-2-10(16)6-13(8)20-12-4-3-9(15)5-11(12)17(18)19/h1-6H,7H2. The Labute approximate surface area is 133 Å². The van der Waals surface area contributed by atoms with Crippen molar-refractivity contribution in [2.45, 2.75) is 5.33 Å². The Kier molecular flexibility index (Phi) is 4.86. The average molecular weight is 377 g/mol. The highest BCUT2D eigenvalue weighted by Crippen LogP contribution is 2.36. The van der Waals surface area contributed by atoms with Gasteiger partial charge in [0, 0.05) is 27.0 Å². The number of nitro benzene ring substituents is 1. The van der Waals surface area contributed by atoms with Crippen molar-refractivity contribution in [3.63, 3.8) is 0 Å². The summed E-state index contributed by atoms with van der Waals surface area (Å²) < 4.78 is 5.61. The number of hydrogen-bond acceptors (Lipinski definition) is 3. The Morgan fingerprint density at radius 2 is 1.75 bits per heavy atom. The first-order chi connectivity index (χ1) is 9.51. The first-order valence-electron chi connectivity index (χ1n) is 5.47. The van der Waals surface area contributed by atoms with Gasteiger partial charge in [-0.25, -0.2) is 0 Å². The van der Waals surface area contributed by atoms with Gasteiger partial charge in [0.2, 0.25) is 5.75 Å². The molecular weight excluding hydrogens is 369 g/mol. The zero-order valence-corrected chi connectivity index (χ0v) is 13.1. The third-order valence-corrected chi connectivity index (χ3v) is 3.59. The van der Waals surface area contributed by atoms with Crippen LogP contribution in [0.5, 0.6) is 11.5 Å². The molecule has 0 bridgehead atoms. The van der Waals surface area contributed by atoms with E-state index in [9.17, 15) is 10.1 Å². The number of alkyl halides is 1. The second-order valence-corrected chi connectivity index (χ2v) is 5.29. The summed E-state index contributed by atoms with van der Waals surface area (Å²) in [7, 11) is 0. The highest BCUT2D eigenvalue weighted by Gasteiger charge is 2.17. The van der Waals surface area contributed by atoms with Crippen LogP contribution in [0.25, 0.3) is 0 Å². The van der Waals surface area contributed by atoms with E-state index in [1.807, 2.05) is 0 Å². The predicted molar refractivity (Wildman–Crippen MR) is 82.3 cm³/mol. The second kappa shape index (κ2) is 6.43. The molecule has 0 radical (unpaired) electrons. The number of halogens is 3. The Morgan fingerprint density at radius 3 is 2.40 bits per heavy atom. The van der Waals surface area contributed by atoms with Crippen molar-refractivity contribution in [1.82, 2.24) is 0 Å². The van der Waals surface area contributed by atoms with Gasteiger partial charge in [-0.2, -0.15) is 0 Å². The van der Waals surface area contributed by atoms with Crippen LogP contribution in [0.15, 0.2) is 36.4 Å². The summed E-state index contributed by atoms with van der Waals surface area (Å²) in [6.07, 6.45) is 0. The Bertz CT molecular complexity index is 664. The first kappa shape index (κ1) is 15.1. The molecule has 0 heterocycles. The van der Waals surface area contributed by atoms with E-state index in [4.69, 9.17) is 27.9 Å². The molecule has 0 saturated heterocycles. The van der Waals surface area contributed by atoms with Crippen LogP contribution in [-0.4, -0.2) is 4.92 Å². The predicted octanol–water partition coefficient (Wildman–Crippen LogP) is 5.59. The fraction of sp³-hybridized carbons (Fsp3) is 0.0769. The first-order valence-corrected chi connectivity index (χ1v) is 7.35. The molecule has 0 fully saturated rings. The van der Waals surface area contributed by atoms with Gasteiger partial charge in [0.05, 0.1) is 4.92 Å². The van der Waals surface area contributed by atoms with Crippen molar-refractivity contribution in [1.29, 1.82) is 0 Å². The number of rotatable bonds is 4. The number of nitro groups is 1. The topological polar surface area (TPSA) is 52.4 Å². The molecule has 0 aliphatic rings. The van der Waals surface area contributed by atoms with E-state index in [1.54, 1.807) is 18.2 Å². The van der Waals surface area contributed by atoms with Crippen molar-refractivity contribution < 1.29 is 9.66 Å². The molecule has 0 spiro atoms. The van der Waals surface area contributed by atoms with Crippen LogP contribution in [0.1, 0.15) is 5.56 Å². The van der Waals surface area contributed by atoms with E-state index in [0.717, 1.165) is 5.56 Å². The van der Waals surface area contributed by atoms with E-state index in [0.29, 0.717) is 16.1 Å². The molecule has 20 heavy (non-hydrogen) atoms. The fourth-order valence-corrected chi connectivity index (χ4v) is 2.36. The smallest absolute Gasteiger partial charge is 0.313 e. The van der Waals surface area contributed by atoms with E-state index < -0.39 is 4.92 Å². The highest BCUT2D eigenvalue weighted by atomic mass is 79.9. The van der Waals surface area contributed by atoms with E-state index >= 15 is 0 Å². The number of benzene rings is 2. The summed E-state index contributed by atoms with van der Waals surface area (Å²) in [6, 6.07) is 9.35. The molecule has 2 aromatic carbocycles. The van der Waals surface area contributed by atoms with Crippen molar-refractivity contribution >= 4 is 44.8 Å². The minimum Gasteiger partial charge on any atom is -0.450 e. The number of ether oxygens (including phenoxy) is 1. The zero-order valence-electron chi connectivity index (χ0n) is 9.98. The molecule has 4 nitrogen and oxygen atoms in total. The quantitative estimate of drug-likeness (QED) is 0.397. The van der Waals surface area contributed by atoms with Crippen LogP contribution in [0.3, 0.4) is 0 Å². The van der Waals surface area contributed by atoms with Crippen LogP contribution in [0.2, 0.25) is 10.0 Å². The average Bonchev–Trinajstić information content (AvgIpc) is 2.41. The third kappa shape index (κ3) is 3.42. The maximum atomic E-state index is 11.0. The van der Waals surface area contributed by atoms with Gasteiger partial charge in [0.15, 0.2) is 0 Å². The lowest BCUT2D eigenvalue weighted by Crippen LogP contribution is -1.95. The summed E-state index contributed by atoms with van der Waals surface area (Å²) in [5.41, 5.74) is 0.636. The largest absolute Gasteiger partial charge is 0.450 e. The third-order valence-electron chi connectivity index (χ3n) is 2.51. The minimum atomic E-state index is -0.542. The summed E-state index contributed by atoms with van der Waals surface area (Å²) in [5, 5.41) is 12.3. The summed E-state index contributed by atoms with van der Waals surface area (Å²) in [5.74, 6) is 0.573. The van der Waals surface area contributed by atoms with Crippen LogP contribution < -0.4 is 4.74 Å². The van der Waals surface area contributed by atoms with Gasteiger partial charge >= 0.3 is 5.69 Å². The molecule has 0 N–H and O–H groups in total. The van der Waals surface area contributed by atoms with E-state index in [-0.39, 0.29) is 16.5 Å².